The topological polar surface area (TPSA) is 237 Å². The number of hydrogen-bond donors (Lipinski definition) is 3. The first-order valence-corrected chi connectivity index (χ1v) is 39.2. The molecular weight excluding hydrogens is 1190 g/mol. The Balaban J connectivity index is 5.26. The van der Waals surface area contributed by atoms with Gasteiger partial charge < -0.3 is 33.8 Å². The van der Waals surface area contributed by atoms with E-state index < -0.39 is 97.5 Å². The van der Waals surface area contributed by atoms with Crippen LogP contribution in [0.2, 0.25) is 0 Å². The number of esters is 4. The molecule has 0 radical (unpaired) electrons. The van der Waals surface area contributed by atoms with Gasteiger partial charge in [-0.1, -0.05) is 278 Å². The van der Waals surface area contributed by atoms with Crippen molar-refractivity contribution in [2.24, 2.45) is 17.8 Å². The highest BCUT2D eigenvalue weighted by Crippen LogP contribution is 2.45. The number of hydrogen-bond acceptors (Lipinski definition) is 15. The zero-order valence-electron chi connectivity index (χ0n) is 58.1. The van der Waals surface area contributed by atoms with Crippen molar-refractivity contribution >= 4 is 39.5 Å². The molecule has 0 saturated heterocycles. The molecule has 3 unspecified atom stereocenters. The molecule has 0 rings (SSSR count). The van der Waals surface area contributed by atoms with Gasteiger partial charge in [0.15, 0.2) is 12.2 Å². The van der Waals surface area contributed by atoms with Gasteiger partial charge in [0.25, 0.3) is 0 Å². The highest BCUT2D eigenvalue weighted by molar-refractivity contribution is 7.47. The van der Waals surface area contributed by atoms with Gasteiger partial charge in [0, 0.05) is 25.7 Å². The number of allylic oxidation sites excluding steroid dienone is 4. The van der Waals surface area contributed by atoms with Crippen LogP contribution in [0.25, 0.3) is 0 Å². The number of ether oxygens (including phenoxy) is 4. The molecule has 0 aromatic carbocycles. The van der Waals surface area contributed by atoms with Crippen LogP contribution in [0.5, 0.6) is 0 Å². The third-order valence-electron chi connectivity index (χ3n) is 16.1. The van der Waals surface area contributed by atoms with Crippen molar-refractivity contribution < 1.29 is 80.2 Å². The Bertz CT molecular complexity index is 1860. The summed E-state index contributed by atoms with van der Waals surface area (Å²) in [4.78, 5) is 72.5. The number of carbonyl (C=O) groups excluding carboxylic acids is 4. The van der Waals surface area contributed by atoms with Gasteiger partial charge in [-0.15, -0.1) is 0 Å². The molecule has 90 heavy (non-hydrogen) atoms. The van der Waals surface area contributed by atoms with E-state index in [0.29, 0.717) is 31.6 Å². The van der Waals surface area contributed by atoms with Gasteiger partial charge in [-0.05, 0) is 69.1 Å². The van der Waals surface area contributed by atoms with Crippen LogP contribution < -0.4 is 0 Å². The third-order valence-corrected chi connectivity index (χ3v) is 18.0. The van der Waals surface area contributed by atoms with Crippen LogP contribution in [-0.4, -0.2) is 96.7 Å². The minimum atomic E-state index is -4.96. The number of carbonyl (C=O) groups is 4. The molecule has 530 valence electrons. The first-order valence-electron chi connectivity index (χ1n) is 36.2. The lowest BCUT2D eigenvalue weighted by Gasteiger charge is -2.21. The quantitative estimate of drug-likeness (QED) is 0.0169. The smallest absolute Gasteiger partial charge is 0.462 e. The lowest BCUT2D eigenvalue weighted by molar-refractivity contribution is -0.161. The molecular formula is C71H134O17P2. The summed E-state index contributed by atoms with van der Waals surface area (Å²) < 4.78 is 68.2. The Hall–Kier alpha value is -2.46. The van der Waals surface area contributed by atoms with Crippen molar-refractivity contribution in [1.29, 1.82) is 0 Å². The van der Waals surface area contributed by atoms with Gasteiger partial charge in [-0.2, -0.15) is 0 Å². The van der Waals surface area contributed by atoms with Gasteiger partial charge in [0.2, 0.25) is 0 Å². The number of aliphatic hydroxyl groups is 1. The summed E-state index contributed by atoms with van der Waals surface area (Å²) in [5.41, 5.74) is 0. The first-order chi connectivity index (χ1) is 43.3. The monoisotopic (exact) mass is 1320 g/mol. The summed E-state index contributed by atoms with van der Waals surface area (Å²) in [6, 6.07) is 0. The highest BCUT2D eigenvalue weighted by Gasteiger charge is 2.30. The summed E-state index contributed by atoms with van der Waals surface area (Å²) in [7, 11) is -9.91. The van der Waals surface area contributed by atoms with E-state index in [2.05, 4.69) is 72.8 Å². The molecule has 0 bridgehead atoms. The van der Waals surface area contributed by atoms with E-state index in [9.17, 15) is 43.2 Å². The molecule has 0 amide bonds. The molecule has 0 spiro atoms. The summed E-state index contributed by atoms with van der Waals surface area (Å²) in [5.74, 6) is 0.0311. The highest BCUT2D eigenvalue weighted by atomic mass is 31.2. The fourth-order valence-electron chi connectivity index (χ4n) is 10.1. The van der Waals surface area contributed by atoms with E-state index in [4.69, 9.17) is 37.0 Å². The van der Waals surface area contributed by atoms with E-state index in [1.165, 1.54) is 116 Å². The van der Waals surface area contributed by atoms with Gasteiger partial charge in [-0.3, -0.25) is 37.3 Å². The Kier molecular flexibility index (Phi) is 59.7. The molecule has 0 aromatic heterocycles. The third kappa shape index (κ3) is 63.0. The Labute approximate surface area is 548 Å². The second kappa shape index (κ2) is 61.4. The molecule has 17 nitrogen and oxygen atoms in total. The predicted octanol–water partition coefficient (Wildman–Crippen LogP) is 19.8. The molecule has 0 aromatic rings. The molecule has 19 heteroatoms. The van der Waals surface area contributed by atoms with Crippen molar-refractivity contribution in [2.45, 2.75) is 349 Å². The zero-order valence-corrected chi connectivity index (χ0v) is 59.9. The van der Waals surface area contributed by atoms with E-state index in [0.717, 1.165) is 127 Å². The van der Waals surface area contributed by atoms with Crippen molar-refractivity contribution in [1.82, 2.24) is 0 Å². The van der Waals surface area contributed by atoms with Gasteiger partial charge in [-0.25, -0.2) is 9.13 Å². The second-order valence-corrected chi connectivity index (χ2v) is 29.0. The van der Waals surface area contributed by atoms with Crippen molar-refractivity contribution in [3.05, 3.63) is 24.3 Å². The van der Waals surface area contributed by atoms with E-state index >= 15 is 0 Å². The Morgan fingerprint density at radius 3 is 0.989 bits per heavy atom. The summed E-state index contributed by atoms with van der Waals surface area (Å²) in [6.07, 6.45) is 48.2. The lowest BCUT2D eigenvalue weighted by Crippen LogP contribution is -2.30. The average Bonchev–Trinajstić information content (AvgIpc) is 2.89. The number of phosphoric ester groups is 2. The predicted molar refractivity (Wildman–Crippen MR) is 363 cm³/mol. The molecule has 6 atom stereocenters. The van der Waals surface area contributed by atoms with Crippen LogP contribution in [0.15, 0.2) is 24.3 Å². The maximum atomic E-state index is 13.0. The fourth-order valence-corrected chi connectivity index (χ4v) is 11.7. The molecule has 3 N–H and O–H groups in total. The van der Waals surface area contributed by atoms with Crippen LogP contribution in [0, 0.1) is 17.8 Å². The SMILES string of the molecule is CCCCCC/C=C\C=C/CCCCCCCC(=O)O[C@H](COC(=O)CCCCCCCCC(C)CC)COP(=O)(O)OC[C@H](O)COP(=O)(O)OC[C@@H](COC(=O)CCCCCCCCC(C)C)OC(=O)CCCCCCCCCCCCCCCC(C)C. The lowest BCUT2D eigenvalue weighted by atomic mass is 10.00. The normalized spacial score (nSPS) is 14.7. The molecule has 0 aliphatic heterocycles. The summed E-state index contributed by atoms with van der Waals surface area (Å²) >= 11 is 0. The van der Waals surface area contributed by atoms with Crippen molar-refractivity contribution in [2.75, 3.05) is 39.6 Å². The molecule has 0 fully saturated rings. The molecule has 0 aliphatic rings. The molecule has 0 heterocycles. The Morgan fingerprint density at radius 2 is 0.656 bits per heavy atom. The minimum Gasteiger partial charge on any atom is -0.462 e. The minimum absolute atomic E-state index is 0.0836. The molecule has 0 aliphatic carbocycles. The van der Waals surface area contributed by atoms with Gasteiger partial charge >= 0.3 is 39.5 Å². The van der Waals surface area contributed by atoms with Crippen LogP contribution in [0.1, 0.15) is 331 Å². The second-order valence-electron chi connectivity index (χ2n) is 26.1. The largest absolute Gasteiger partial charge is 0.472 e. The number of phosphoric acid groups is 2. The fraction of sp³-hybridized carbons (Fsp3) is 0.887. The molecule has 0 saturated carbocycles. The number of rotatable bonds is 67. The van der Waals surface area contributed by atoms with Crippen LogP contribution >= 0.6 is 15.6 Å². The van der Waals surface area contributed by atoms with Crippen molar-refractivity contribution in [3.63, 3.8) is 0 Å². The summed E-state index contributed by atoms with van der Waals surface area (Å²) in [5, 5.41) is 10.6. The zero-order chi connectivity index (χ0) is 66.6. The Morgan fingerprint density at radius 1 is 0.367 bits per heavy atom. The average molecular weight is 1320 g/mol. The maximum Gasteiger partial charge on any atom is 0.472 e. The van der Waals surface area contributed by atoms with E-state index in [1.54, 1.807) is 0 Å². The van der Waals surface area contributed by atoms with Gasteiger partial charge in [0.05, 0.1) is 26.4 Å². The summed E-state index contributed by atoms with van der Waals surface area (Å²) in [6.45, 7) is 11.7. The van der Waals surface area contributed by atoms with Crippen LogP contribution in [0.3, 0.4) is 0 Å². The number of unbranched alkanes of at least 4 members (excludes halogenated alkanes) is 31. The van der Waals surface area contributed by atoms with Crippen LogP contribution in [-0.2, 0) is 65.4 Å². The standard InChI is InChI=1S/C71H134O17P2/c1-8-10-11-12-13-14-15-16-17-20-23-26-29-40-47-54-71(76)88-67(59-82-69(74)53-46-39-34-32-37-44-51-64(7)9-2)61-86-90(79,80)84-57-65(72)56-83-89(77,78)85-60-66(58-81-68(73)52-45-38-33-31-36-43-50-63(5)6)87-70(75)55-48-41-30-27-24-21-18-19-22-25-28-35-42-49-62(3)4/h14-17,62-67,72H,8-13,18-61H2,1-7H3,(H,77,78)(H,79,80)/b15-14-,17-16-/t64?,65-,66-,67-/m1/s1. The van der Waals surface area contributed by atoms with E-state index in [1.807, 2.05) is 0 Å². The first kappa shape index (κ1) is 87.5. The van der Waals surface area contributed by atoms with Crippen LogP contribution in [0.4, 0.5) is 0 Å². The van der Waals surface area contributed by atoms with Crippen molar-refractivity contribution in [3.8, 4) is 0 Å². The van der Waals surface area contributed by atoms with Gasteiger partial charge in [0.1, 0.15) is 19.3 Å². The maximum absolute atomic E-state index is 13.0. The van der Waals surface area contributed by atoms with E-state index in [-0.39, 0.29) is 25.7 Å². The number of aliphatic hydroxyl groups excluding tert-OH is 1.